The Morgan fingerprint density at radius 3 is 2.44 bits per heavy atom. The molecule has 0 aliphatic carbocycles. The van der Waals surface area contributed by atoms with Gasteiger partial charge in [-0.25, -0.2) is 13.4 Å². The van der Waals surface area contributed by atoms with Crippen molar-refractivity contribution >= 4 is 9.84 Å². The average molecular weight is 237 g/mol. The van der Waals surface area contributed by atoms with Crippen LogP contribution in [0.1, 0.15) is 5.56 Å². The minimum absolute atomic E-state index is 0.0481. The number of rotatable bonds is 3. The fourth-order valence-corrected chi connectivity index (χ4v) is 2.45. The van der Waals surface area contributed by atoms with Crippen LogP contribution in [0.3, 0.4) is 0 Å². The summed E-state index contributed by atoms with van der Waals surface area (Å²) in [5.74, 6) is 0. The molecule has 5 nitrogen and oxygen atoms in total. The highest BCUT2D eigenvalue weighted by molar-refractivity contribution is 7.91. The van der Waals surface area contributed by atoms with Gasteiger partial charge in [-0.1, -0.05) is 12.1 Å². The SMILES string of the molecule is NCc1ccc(S(=O)(=O)c2ncc[nH]2)cc1. The van der Waals surface area contributed by atoms with Crippen molar-refractivity contribution in [2.75, 3.05) is 0 Å². The lowest BCUT2D eigenvalue weighted by atomic mass is 10.2. The van der Waals surface area contributed by atoms with Gasteiger partial charge in [0.1, 0.15) is 0 Å². The lowest BCUT2D eigenvalue weighted by Gasteiger charge is -2.02. The molecule has 2 aromatic rings. The third-order valence-electron chi connectivity index (χ3n) is 2.20. The van der Waals surface area contributed by atoms with Crippen molar-refractivity contribution in [1.29, 1.82) is 0 Å². The first-order valence-electron chi connectivity index (χ1n) is 4.68. The number of nitrogens with zero attached hydrogens (tertiary/aromatic N) is 1. The van der Waals surface area contributed by atoms with Gasteiger partial charge in [-0.15, -0.1) is 0 Å². The van der Waals surface area contributed by atoms with Crippen molar-refractivity contribution in [2.45, 2.75) is 16.6 Å². The lowest BCUT2D eigenvalue weighted by Crippen LogP contribution is -2.04. The van der Waals surface area contributed by atoms with Gasteiger partial charge in [-0.3, -0.25) is 0 Å². The van der Waals surface area contributed by atoms with E-state index in [1.165, 1.54) is 24.5 Å². The number of nitrogens with two attached hydrogens (primary N) is 1. The smallest absolute Gasteiger partial charge is 0.239 e. The molecule has 0 aliphatic heterocycles. The summed E-state index contributed by atoms with van der Waals surface area (Å²) in [5, 5.41) is -0.0481. The van der Waals surface area contributed by atoms with Crippen LogP contribution in [0.15, 0.2) is 46.7 Å². The standard InChI is InChI=1S/C10H11N3O2S/c11-7-8-1-3-9(4-2-8)16(14,15)10-12-5-6-13-10/h1-6H,7,11H2,(H,12,13). The van der Waals surface area contributed by atoms with Gasteiger partial charge in [-0.05, 0) is 17.7 Å². The Hall–Kier alpha value is -1.66. The Morgan fingerprint density at radius 2 is 1.94 bits per heavy atom. The molecule has 1 aromatic carbocycles. The van der Waals surface area contributed by atoms with Gasteiger partial charge in [0.15, 0.2) is 0 Å². The van der Waals surface area contributed by atoms with Crippen LogP contribution < -0.4 is 5.73 Å². The molecule has 0 spiro atoms. The highest BCUT2D eigenvalue weighted by atomic mass is 32.2. The Kier molecular flexibility index (Phi) is 2.76. The van der Waals surface area contributed by atoms with Crippen molar-refractivity contribution in [3.63, 3.8) is 0 Å². The summed E-state index contributed by atoms with van der Waals surface area (Å²) in [6.07, 6.45) is 2.88. The average Bonchev–Trinajstić information content (AvgIpc) is 2.83. The molecule has 0 unspecified atom stereocenters. The van der Waals surface area contributed by atoms with E-state index in [1.807, 2.05) is 0 Å². The van der Waals surface area contributed by atoms with Crippen molar-refractivity contribution in [3.05, 3.63) is 42.2 Å². The quantitative estimate of drug-likeness (QED) is 0.822. The van der Waals surface area contributed by atoms with E-state index in [0.29, 0.717) is 6.54 Å². The molecule has 1 aromatic heterocycles. The zero-order chi connectivity index (χ0) is 11.6. The summed E-state index contributed by atoms with van der Waals surface area (Å²) >= 11 is 0. The van der Waals surface area contributed by atoms with Gasteiger partial charge in [0.2, 0.25) is 15.0 Å². The van der Waals surface area contributed by atoms with E-state index in [4.69, 9.17) is 5.73 Å². The summed E-state index contributed by atoms with van der Waals surface area (Å²) < 4.78 is 23.9. The molecular weight excluding hydrogens is 226 g/mol. The number of sulfone groups is 1. The second-order valence-electron chi connectivity index (χ2n) is 3.25. The number of benzene rings is 1. The van der Waals surface area contributed by atoms with Crippen molar-refractivity contribution < 1.29 is 8.42 Å². The number of aromatic amines is 1. The third kappa shape index (κ3) is 1.84. The maximum atomic E-state index is 12.0. The van der Waals surface area contributed by atoms with Gasteiger partial charge in [-0.2, -0.15) is 0 Å². The van der Waals surface area contributed by atoms with E-state index in [0.717, 1.165) is 5.56 Å². The molecule has 0 saturated carbocycles. The summed E-state index contributed by atoms with van der Waals surface area (Å²) in [6.45, 7) is 0.390. The molecule has 0 bridgehead atoms. The minimum Gasteiger partial charge on any atom is -0.335 e. The van der Waals surface area contributed by atoms with E-state index in [2.05, 4.69) is 9.97 Å². The van der Waals surface area contributed by atoms with E-state index >= 15 is 0 Å². The van der Waals surface area contributed by atoms with Gasteiger partial charge in [0, 0.05) is 18.9 Å². The van der Waals surface area contributed by atoms with Crippen LogP contribution in [0.5, 0.6) is 0 Å². The topological polar surface area (TPSA) is 88.8 Å². The molecule has 0 radical (unpaired) electrons. The van der Waals surface area contributed by atoms with Crippen LogP contribution in [0, 0.1) is 0 Å². The maximum Gasteiger partial charge on any atom is 0.239 e. The van der Waals surface area contributed by atoms with Gasteiger partial charge >= 0.3 is 0 Å². The minimum atomic E-state index is -3.53. The van der Waals surface area contributed by atoms with Crippen molar-refractivity contribution in [1.82, 2.24) is 9.97 Å². The zero-order valence-corrected chi connectivity index (χ0v) is 9.24. The summed E-state index contributed by atoms with van der Waals surface area (Å²) in [5.41, 5.74) is 6.32. The maximum absolute atomic E-state index is 12.0. The molecule has 84 valence electrons. The second kappa shape index (κ2) is 4.07. The number of hydrogen-bond acceptors (Lipinski definition) is 4. The Labute approximate surface area is 93.2 Å². The zero-order valence-electron chi connectivity index (χ0n) is 8.42. The first kappa shape index (κ1) is 10.8. The Balaban J connectivity index is 2.44. The number of H-pyrrole nitrogens is 1. The summed E-state index contributed by atoms with van der Waals surface area (Å²) in [7, 11) is -3.53. The molecule has 0 aliphatic rings. The Bertz CT molecular complexity index is 559. The summed E-state index contributed by atoms with van der Waals surface area (Å²) in [6, 6.07) is 6.44. The van der Waals surface area contributed by atoms with Crippen LogP contribution in [0.4, 0.5) is 0 Å². The lowest BCUT2D eigenvalue weighted by molar-refractivity contribution is 0.589. The molecule has 0 atom stereocenters. The monoisotopic (exact) mass is 237 g/mol. The predicted molar refractivity (Wildman–Crippen MR) is 58.4 cm³/mol. The molecule has 16 heavy (non-hydrogen) atoms. The van der Waals surface area contributed by atoms with Crippen LogP contribution >= 0.6 is 0 Å². The molecule has 2 rings (SSSR count). The van der Waals surface area contributed by atoms with Gasteiger partial charge in [0.25, 0.3) is 0 Å². The molecule has 3 N–H and O–H groups in total. The number of hydrogen-bond donors (Lipinski definition) is 2. The van der Waals surface area contributed by atoms with Crippen LogP contribution in [0.2, 0.25) is 0 Å². The Morgan fingerprint density at radius 1 is 1.25 bits per heavy atom. The fourth-order valence-electron chi connectivity index (χ4n) is 1.31. The van der Waals surface area contributed by atoms with Crippen LogP contribution in [-0.4, -0.2) is 18.4 Å². The molecule has 0 amide bonds. The number of nitrogens with one attached hydrogen (secondary N) is 1. The van der Waals surface area contributed by atoms with Crippen molar-refractivity contribution in [3.8, 4) is 0 Å². The first-order valence-corrected chi connectivity index (χ1v) is 6.16. The molecule has 6 heteroatoms. The third-order valence-corrected chi connectivity index (χ3v) is 3.82. The van der Waals surface area contributed by atoms with E-state index in [1.54, 1.807) is 12.1 Å². The second-order valence-corrected chi connectivity index (χ2v) is 5.11. The van der Waals surface area contributed by atoms with E-state index in [9.17, 15) is 8.42 Å². The fraction of sp³-hybridized carbons (Fsp3) is 0.100. The number of imidazole rings is 1. The van der Waals surface area contributed by atoms with E-state index < -0.39 is 9.84 Å². The van der Waals surface area contributed by atoms with Gasteiger partial charge in [0.05, 0.1) is 4.90 Å². The first-order chi connectivity index (χ1) is 7.64. The molecule has 1 heterocycles. The molecule has 0 saturated heterocycles. The molecule has 0 fully saturated rings. The predicted octanol–water partition coefficient (Wildman–Crippen LogP) is 0.701. The molecular formula is C10H11N3O2S. The van der Waals surface area contributed by atoms with Gasteiger partial charge < -0.3 is 10.7 Å². The van der Waals surface area contributed by atoms with Crippen LogP contribution in [-0.2, 0) is 16.4 Å². The normalized spacial score (nSPS) is 11.6. The highest BCUT2D eigenvalue weighted by Crippen LogP contribution is 2.17. The largest absolute Gasteiger partial charge is 0.335 e. The summed E-state index contributed by atoms with van der Waals surface area (Å²) in [4.78, 5) is 6.53. The van der Waals surface area contributed by atoms with Crippen molar-refractivity contribution in [2.24, 2.45) is 5.73 Å². The highest BCUT2D eigenvalue weighted by Gasteiger charge is 2.19. The number of aromatic nitrogens is 2. The van der Waals surface area contributed by atoms with E-state index in [-0.39, 0.29) is 10.1 Å². The van der Waals surface area contributed by atoms with Crippen LogP contribution in [0.25, 0.3) is 0 Å².